The van der Waals surface area contributed by atoms with Gasteiger partial charge in [-0.25, -0.2) is 0 Å². The molecule has 0 bridgehead atoms. The number of nitrogens with two attached hydrogens (primary N) is 1. The van der Waals surface area contributed by atoms with Crippen LogP contribution in [0, 0.1) is 0 Å². The van der Waals surface area contributed by atoms with Crippen LogP contribution in [0.25, 0.3) is 0 Å². The van der Waals surface area contributed by atoms with E-state index in [0.29, 0.717) is 32.6 Å². The summed E-state index contributed by atoms with van der Waals surface area (Å²) in [4.78, 5) is 25.7. The van der Waals surface area contributed by atoms with Crippen LogP contribution in [0.5, 0.6) is 0 Å². The number of nitrogens with one attached hydrogen (secondary N) is 1. The van der Waals surface area contributed by atoms with E-state index in [9.17, 15) is 9.59 Å². The lowest BCUT2D eigenvalue weighted by atomic mass is 9.90. The SMILES string of the molecule is CC(=O)N1CCc2cc(NC(=O)C3(N)CCOCC3)ccc21.Cl. The smallest absolute Gasteiger partial charge is 0.244 e. The van der Waals surface area contributed by atoms with Gasteiger partial charge in [-0.3, -0.25) is 9.59 Å². The molecule has 1 aromatic carbocycles. The molecule has 1 saturated heterocycles. The molecule has 23 heavy (non-hydrogen) atoms. The molecule has 0 saturated carbocycles. The van der Waals surface area contributed by atoms with E-state index in [-0.39, 0.29) is 24.2 Å². The van der Waals surface area contributed by atoms with Gasteiger partial charge in [0.1, 0.15) is 5.54 Å². The highest BCUT2D eigenvalue weighted by Crippen LogP contribution is 2.31. The highest BCUT2D eigenvalue weighted by Gasteiger charge is 2.36. The van der Waals surface area contributed by atoms with Gasteiger partial charge in [0.05, 0.1) is 0 Å². The van der Waals surface area contributed by atoms with Crippen LogP contribution in [-0.4, -0.2) is 37.1 Å². The van der Waals surface area contributed by atoms with Crippen LogP contribution < -0.4 is 16.0 Å². The van der Waals surface area contributed by atoms with Gasteiger partial charge in [0.25, 0.3) is 0 Å². The van der Waals surface area contributed by atoms with Crippen molar-refractivity contribution in [2.24, 2.45) is 5.73 Å². The molecule has 0 spiro atoms. The Kier molecular flexibility index (Phi) is 5.29. The summed E-state index contributed by atoms with van der Waals surface area (Å²) in [7, 11) is 0. The van der Waals surface area contributed by atoms with Crippen molar-refractivity contribution in [2.45, 2.75) is 31.7 Å². The second kappa shape index (κ2) is 6.86. The molecule has 0 aromatic heterocycles. The molecule has 2 aliphatic rings. The van der Waals surface area contributed by atoms with Crippen LogP contribution in [0.15, 0.2) is 18.2 Å². The van der Waals surface area contributed by atoms with Gasteiger partial charge in [0.15, 0.2) is 0 Å². The lowest BCUT2D eigenvalue weighted by Gasteiger charge is -2.31. The Labute approximate surface area is 141 Å². The van der Waals surface area contributed by atoms with Crippen molar-refractivity contribution >= 4 is 35.6 Å². The van der Waals surface area contributed by atoms with Gasteiger partial charge in [-0.05, 0) is 43.0 Å². The molecule has 3 N–H and O–H groups in total. The highest BCUT2D eigenvalue weighted by atomic mass is 35.5. The number of carbonyl (C=O) groups excluding carboxylic acids is 2. The van der Waals surface area contributed by atoms with Gasteiger partial charge in [-0.1, -0.05) is 0 Å². The molecule has 1 aromatic rings. The lowest BCUT2D eigenvalue weighted by molar-refractivity contribution is -0.124. The number of amides is 2. The molecule has 7 heteroatoms. The fraction of sp³-hybridized carbons (Fsp3) is 0.500. The molecular formula is C16H22ClN3O3. The predicted octanol–water partition coefficient (Wildman–Crippen LogP) is 1.46. The largest absolute Gasteiger partial charge is 0.381 e. The Morgan fingerprint density at radius 2 is 2.00 bits per heavy atom. The van der Waals surface area contributed by atoms with Crippen LogP contribution in [0.2, 0.25) is 0 Å². The minimum absolute atomic E-state index is 0. The average Bonchev–Trinajstić information content (AvgIpc) is 2.91. The van der Waals surface area contributed by atoms with E-state index in [1.54, 1.807) is 11.8 Å². The first kappa shape index (κ1) is 17.7. The number of hydrogen-bond donors (Lipinski definition) is 2. The molecule has 0 aliphatic carbocycles. The molecule has 0 unspecified atom stereocenters. The normalized spacial score (nSPS) is 18.8. The zero-order valence-corrected chi connectivity index (χ0v) is 13.9. The molecular weight excluding hydrogens is 318 g/mol. The third kappa shape index (κ3) is 3.49. The molecule has 2 amide bonds. The molecule has 6 nitrogen and oxygen atoms in total. The van der Waals surface area contributed by atoms with Crippen molar-refractivity contribution in [1.82, 2.24) is 0 Å². The van der Waals surface area contributed by atoms with Crippen LogP contribution in [0.3, 0.4) is 0 Å². The van der Waals surface area contributed by atoms with Crippen molar-refractivity contribution in [1.29, 1.82) is 0 Å². The van der Waals surface area contributed by atoms with Gasteiger partial charge in [0, 0.05) is 38.1 Å². The van der Waals surface area contributed by atoms with E-state index in [2.05, 4.69) is 5.32 Å². The molecule has 0 radical (unpaired) electrons. The van der Waals surface area contributed by atoms with Crippen LogP contribution in [-0.2, 0) is 20.7 Å². The summed E-state index contributed by atoms with van der Waals surface area (Å²) in [6, 6.07) is 5.63. The third-order valence-electron chi connectivity index (χ3n) is 4.45. The lowest BCUT2D eigenvalue weighted by Crippen LogP contribution is -2.54. The summed E-state index contributed by atoms with van der Waals surface area (Å²) >= 11 is 0. The highest BCUT2D eigenvalue weighted by molar-refractivity contribution is 5.99. The number of hydrogen-bond acceptors (Lipinski definition) is 4. The summed E-state index contributed by atoms with van der Waals surface area (Å²) in [6.45, 7) is 3.29. The molecule has 0 atom stereocenters. The second-order valence-corrected chi connectivity index (χ2v) is 5.99. The quantitative estimate of drug-likeness (QED) is 0.854. The second-order valence-electron chi connectivity index (χ2n) is 5.99. The predicted molar refractivity (Wildman–Crippen MR) is 91.0 cm³/mol. The van der Waals surface area contributed by atoms with Gasteiger partial charge in [-0.2, -0.15) is 0 Å². The van der Waals surface area contributed by atoms with Crippen molar-refractivity contribution in [2.75, 3.05) is 30.0 Å². The van der Waals surface area contributed by atoms with Crippen LogP contribution in [0.1, 0.15) is 25.3 Å². The number of ether oxygens (including phenoxy) is 1. The van der Waals surface area contributed by atoms with Gasteiger partial charge < -0.3 is 20.7 Å². The minimum Gasteiger partial charge on any atom is -0.381 e. The Hall–Kier alpha value is -1.63. The minimum atomic E-state index is -0.858. The maximum absolute atomic E-state index is 12.4. The first-order valence-corrected chi connectivity index (χ1v) is 7.59. The Balaban J connectivity index is 0.00000192. The molecule has 2 aliphatic heterocycles. The van der Waals surface area contributed by atoms with E-state index in [0.717, 1.165) is 23.4 Å². The fourth-order valence-corrected chi connectivity index (χ4v) is 3.02. The number of nitrogens with zero attached hydrogens (tertiary/aromatic N) is 1. The average molecular weight is 340 g/mol. The number of carbonyl (C=O) groups is 2. The summed E-state index contributed by atoms with van der Waals surface area (Å²) in [5, 5.41) is 2.90. The Morgan fingerprint density at radius 3 is 2.65 bits per heavy atom. The van der Waals surface area contributed by atoms with Crippen molar-refractivity contribution in [3.8, 4) is 0 Å². The number of rotatable bonds is 2. The zero-order chi connectivity index (χ0) is 15.7. The molecule has 2 heterocycles. The van der Waals surface area contributed by atoms with Crippen LogP contribution in [0.4, 0.5) is 11.4 Å². The maximum Gasteiger partial charge on any atom is 0.244 e. The Morgan fingerprint density at radius 1 is 1.30 bits per heavy atom. The van der Waals surface area contributed by atoms with E-state index in [1.807, 2.05) is 18.2 Å². The van der Waals surface area contributed by atoms with E-state index in [1.165, 1.54) is 0 Å². The first-order chi connectivity index (χ1) is 10.5. The van der Waals surface area contributed by atoms with E-state index < -0.39 is 5.54 Å². The summed E-state index contributed by atoms with van der Waals surface area (Å²) < 4.78 is 5.26. The van der Waals surface area contributed by atoms with Gasteiger partial charge in [0.2, 0.25) is 11.8 Å². The summed E-state index contributed by atoms with van der Waals surface area (Å²) in [5.74, 6) is -0.129. The standard InChI is InChI=1S/C16H21N3O3.ClH/c1-11(20)19-7-4-12-10-13(2-3-14(12)19)18-15(21)16(17)5-8-22-9-6-16;/h2-3,10H,4-9,17H2,1H3,(H,18,21);1H. The number of benzene rings is 1. The number of anilines is 2. The topological polar surface area (TPSA) is 84.7 Å². The van der Waals surface area contributed by atoms with Crippen molar-refractivity contribution in [3.05, 3.63) is 23.8 Å². The first-order valence-electron chi connectivity index (χ1n) is 7.59. The zero-order valence-electron chi connectivity index (χ0n) is 13.1. The van der Waals surface area contributed by atoms with Gasteiger partial charge in [-0.15, -0.1) is 12.4 Å². The van der Waals surface area contributed by atoms with E-state index >= 15 is 0 Å². The molecule has 3 rings (SSSR count). The summed E-state index contributed by atoms with van der Waals surface area (Å²) in [6.07, 6.45) is 1.87. The van der Waals surface area contributed by atoms with Crippen molar-refractivity contribution < 1.29 is 14.3 Å². The van der Waals surface area contributed by atoms with E-state index in [4.69, 9.17) is 10.5 Å². The van der Waals surface area contributed by atoms with Crippen molar-refractivity contribution in [3.63, 3.8) is 0 Å². The maximum atomic E-state index is 12.4. The molecule has 1 fully saturated rings. The van der Waals surface area contributed by atoms with Crippen LogP contribution >= 0.6 is 12.4 Å². The Bertz CT molecular complexity index is 615. The fourth-order valence-electron chi connectivity index (χ4n) is 3.02. The summed E-state index contributed by atoms with van der Waals surface area (Å²) in [5.41, 5.74) is 8.05. The van der Waals surface area contributed by atoms with Gasteiger partial charge >= 0.3 is 0 Å². The molecule has 126 valence electrons. The monoisotopic (exact) mass is 339 g/mol. The number of halogens is 1. The third-order valence-corrected chi connectivity index (χ3v) is 4.45. The number of fused-ring (bicyclic) bond motifs is 1.